The van der Waals surface area contributed by atoms with E-state index in [0.717, 1.165) is 45.1 Å². The van der Waals surface area contributed by atoms with E-state index in [0.29, 0.717) is 33.2 Å². The van der Waals surface area contributed by atoms with Gasteiger partial charge in [-0.1, -0.05) is 62.4 Å². The summed E-state index contributed by atoms with van der Waals surface area (Å²) < 4.78 is 21.9. The zero-order chi connectivity index (χ0) is 33.8. The van der Waals surface area contributed by atoms with Gasteiger partial charge in [-0.3, -0.25) is 4.79 Å². The van der Waals surface area contributed by atoms with Crippen molar-refractivity contribution in [2.24, 2.45) is 0 Å². The molecule has 1 atom stereocenters. The van der Waals surface area contributed by atoms with Crippen LogP contribution in [0.15, 0.2) is 97.1 Å². The first-order valence-electron chi connectivity index (χ1n) is 16.0. The molecule has 0 aromatic heterocycles. The highest BCUT2D eigenvalue weighted by Crippen LogP contribution is 2.40. The van der Waals surface area contributed by atoms with Crippen molar-refractivity contribution < 1.29 is 34.0 Å². The van der Waals surface area contributed by atoms with Gasteiger partial charge in [-0.05, 0) is 80.4 Å². The molecule has 2 aliphatic rings. The Hall–Kier alpha value is -4.57. The third-order valence-corrected chi connectivity index (χ3v) is 7.97. The number of nitrogens with zero attached hydrogens (tertiary/aromatic N) is 2. The standard InChI is InChI=1S/C33H32N2O5.C3H8O2.C2H6/c1-23(36)40-32(37)33(2,26-13-15-30-24(17-26)19-34(21-38-30)28-9-5-3-6-10-28)27-14-16-31-25(18-27)20-35(22-39-31)29-11-7-4-8-12-29;1-2-5-3-4;1-2/h3-18,23,36H,19-22H2,1-2H3;4H,2-3H2,1H3;1-2H3. The molecule has 4 aromatic carbocycles. The fraction of sp³-hybridized carbons (Fsp3) is 0.342. The fourth-order valence-corrected chi connectivity index (χ4v) is 5.48. The van der Waals surface area contributed by atoms with E-state index in [2.05, 4.69) is 38.8 Å². The van der Waals surface area contributed by atoms with Gasteiger partial charge >= 0.3 is 5.97 Å². The Kier molecular flexibility index (Phi) is 12.6. The second-order valence-electron chi connectivity index (χ2n) is 11.0. The number of carbonyl (C=O) groups is 1. The molecule has 4 aromatic rings. The van der Waals surface area contributed by atoms with E-state index in [1.54, 1.807) is 0 Å². The second-order valence-corrected chi connectivity index (χ2v) is 11.0. The lowest BCUT2D eigenvalue weighted by Gasteiger charge is -2.35. The van der Waals surface area contributed by atoms with Crippen molar-refractivity contribution >= 4 is 17.3 Å². The number of esters is 1. The van der Waals surface area contributed by atoms with Crippen LogP contribution in [0.2, 0.25) is 0 Å². The average Bonchev–Trinajstić information content (AvgIpc) is 3.12. The minimum Gasteiger partial charge on any atom is -0.473 e. The third-order valence-electron chi connectivity index (χ3n) is 7.97. The highest BCUT2D eigenvalue weighted by molar-refractivity contribution is 5.87. The largest absolute Gasteiger partial charge is 0.473 e. The van der Waals surface area contributed by atoms with Gasteiger partial charge in [0.15, 0.2) is 19.8 Å². The first kappa shape index (κ1) is 35.3. The molecule has 250 valence electrons. The lowest BCUT2D eigenvalue weighted by atomic mass is 9.75. The van der Waals surface area contributed by atoms with Gasteiger partial charge in [0.25, 0.3) is 0 Å². The van der Waals surface area contributed by atoms with Gasteiger partial charge in [-0.15, -0.1) is 0 Å². The van der Waals surface area contributed by atoms with Crippen LogP contribution in [-0.4, -0.2) is 49.3 Å². The molecule has 0 bridgehead atoms. The summed E-state index contributed by atoms with van der Waals surface area (Å²) in [5.41, 5.74) is 4.39. The van der Waals surface area contributed by atoms with E-state index in [1.165, 1.54) is 6.92 Å². The van der Waals surface area contributed by atoms with Crippen LogP contribution in [0, 0.1) is 0 Å². The van der Waals surface area contributed by atoms with E-state index >= 15 is 0 Å². The molecular weight excluding hydrogens is 596 g/mol. The van der Waals surface area contributed by atoms with Crippen LogP contribution in [-0.2, 0) is 32.8 Å². The Bertz CT molecular complexity index is 1460. The van der Waals surface area contributed by atoms with Crippen LogP contribution >= 0.6 is 0 Å². The van der Waals surface area contributed by atoms with Crippen molar-refractivity contribution in [3.05, 3.63) is 119 Å². The topological polar surface area (TPSA) is 101 Å². The number of carbonyl (C=O) groups excluding carboxylic acids is 1. The number of hydrogen-bond acceptors (Lipinski definition) is 9. The van der Waals surface area contributed by atoms with Crippen molar-refractivity contribution in [2.75, 3.05) is 36.7 Å². The second kappa shape index (κ2) is 16.8. The van der Waals surface area contributed by atoms with Crippen LogP contribution < -0.4 is 19.3 Å². The maximum absolute atomic E-state index is 13.7. The summed E-state index contributed by atoms with van der Waals surface area (Å²) in [7, 11) is 0. The molecule has 6 rings (SSSR count). The molecule has 47 heavy (non-hydrogen) atoms. The average molecular weight is 643 g/mol. The van der Waals surface area contributed by atoms with Crippen molar-refractivity contribution in [1.82, 2.24) is 0 Å². The van der Waals surface area contributed by atoms with Gasteiger partial charge in [-0.25, -0.2) is 0 Å². The highest BCUT2D eigenvalue weighted by Gasteiger charge is 2.41. The van der Waals surface area contributed by atoms with Gasteiger partial charge in [0.05, 0.1) is 0 Å². The molecule has 2 aliphatic heterocycles. The van der Waals surface area contributed by atoms with Gasteiger partial charge in [0.1, 0.15) is 23.7 Å². The zero-order valence-electron chi connectivity index (χ0n) is 27.9. The van der Waals surface area contributed by atoms with E-state index < -0.39 is 17.7 Å². The predicted molar refractivity (Wildman–Crippen MR) is 183 cm³/mol. The summed E-state index contributed by atoms with van der Waals surface area (Å²) >= 11 is 0. The molecule has 0 fully saturated rings. The smallest absolute Gasteiger partial charge is 0.323 e. The Morgan fingerprint density at radius 2 is 1.26 bits per heavy atom. The van der Waals surface area contributed by atoms with E-state index in [9.17, 15) is 9.90 Å². The molecule has 0 saturated heterocycles. The minimum atomic E-state index is -1.24. The SMILES string of the molecule is CC.CC(O)OC(=O)C(C)(c1ccc2c(c1)CN(c1ccccc1)CO2)c1ccc2c(c1)CN(c1ccccc1)CO2.CCOCO. The number of fused-ring (bicyclic) bond motifs is 2. The molecule has 1 unspecified atom stereocenters. The lowest BCUT2D eigenvalue weighted by molar-refractivity contribution is -0.169. The maximum Gasteiger partial charge on any atom is 0.323 e. The van der Waals surface area contributed by atoms with Crippen LogP contribution in [0.25, 0.3) is 0 Å². The summed E-state index contributed by atoms with van der Waals surface area (Å²) in [5.74, 6) is 1.05. The first-order valence-corrected chi connectivity index (χ1v) is 16.0. The van der Waals surface area contributed by atoms with E-state index in [1.807, 2.05) is 100 Å². The molecule has 9 heteroatoms. The number of ether oxygens (including phenoxy) is 4. The molecule has 0 aliphatic carbocycles. The minimum absolute atomic E-state index is 0.156. The Balaban J connectivity index is 0.000000655. The van der Waals surface area contributed by atoms with Crippen molar-refractivity contribution in [3.63, 3.8) is 0 Å². The van der Waals surface area contributed by atoms with Crippen LogP contribution in [0.1, 0.15) is 56.9 Å². The quantitative estimate of drug-likeness (QED) is 0.163. The zero-order valence-corrected chi connectivity index (χ0v) is 27.9. The first-order chi connectivity index (χ1) is 22.8. The monoisotopic (exact) mass is 642 g/mol. The third kappa shape index (κ3) is 8.43. The molecule has 0 spiro atoms. The predicted octanol–water partition coefficient (Wildman–Crippen LogP) is 6.59. The van der Waals surface area contributed by atoms with Crippen LogP contribution in [0.3, 0.4) is 0 Å². The summed E-state index contributed by atoms with van der Waals surface area (Å²) in [6, 6.07) is 31.9. The number of aliphatic hydroxyl groups excluding tert-OH is 2. The molecule has 2 heterocycles. The van der Waals surface area contributed by atoms with E-state index in [-0.39, 0.29) is 6.79 Å². The number of benzene rings is 4. The highest BCUT2D eigenvalue weighted by atomic mass is 16.6. The van der Waals surface area contributed by atoms with Gasteiger partial charge < -0.3 is 39.0 Å². The molecule has 0 radical (unpaired) electrons. The Morgan fingerprint density at radius 1 is 0.809 bits per heavy atom. The number of hydrogen-bond donors (Lipinski definition) is 2. The number of rotatable bonds is 8. The normalized spacial score (nSPS) is 14.0. The van der Waals surface area contributed by atoms with Crippen LogP contribution in [0.4, 0.5) is 11.4 Å². The summed E-state index contributed by atoms with van der Waals surface area (Å²) in [6.45, 7) is 11.7. The summed E-state index contributed by atoms with van der Waals surface area (Å²) in [6.07, 6.45) is -1.24. The Labute approximate surface area is 277 Å². The van der Waals surface area contributed by atoms with Gasteiger partial charge in [-0.2, -0.15) is 0 Å². The maximum atomic E-state index is 13.7. The Morgan fingerprint density at radius 3 is 1.62 bits per heavy atom. The number of aliphatic hydroxyl groups is 2. The van der Waals surface area contributed by atoms with Crippen molar-refractivity contribution in [1.29, 1.82) is 0 Å². The van der Waals surface area contributed by atoms with E-state index in [4.69, 9.17) is 19.3 Å². The molecule has 0 saturated carbocycles. The fourth-order valence-electron chi connectivity index (χ4n) is 5.48. The molecule has 0 amide bonds. The van der Waals surface area contributed by atoms with Gasteiger partial charge in [0, 0.05) is 42.2 Å². The molecule has 2 N–H and O–H groups in total. The van der Waals surface area contributed by atoms with Crippen molar-refractivity contribution in [2.45, 2.75) is 59.4 Å². The van der Waals surface area contributed by atoms with Gasteiger partial charge in [0.2, 0.25) is 0 Å². The lowest BCUT2D eigenvalue weighted by Crippen LogP contribution is -2.39. The number of para-hydroxylation sites is 2. The number of anilines is 2. The van der Waals surface area contributed by atoms with Crippen LogP contribution in [0.5, 0.6) is 11.5 Å². The molecule has 9 nitrogen and oxygen atoms in total. The molecular formula is C38H46N2O7. The summed E-state index contributed by atoms with van der Waals surface area (Å²) in [5, 5.41) is 17.8. The van der Waals surface area contributed by atoms with Crippen molar-refractivity contribution in [3.8, 4) is 11.5 Å². The summed E-state index contributed by atoms with van der Waals surface area (Å²) in [4.78, 5) is 18.0.